The number of rotatable bonds is 4. The van der Waals surface area contributed by atoms with Crippen LogP contribution in [0, 0.1) is 17.8 Å². The molecule has 7 rings (SSSR count). The zero-order valence-corrected chi connectivity index (χ0v) is 17.9. The lowest BCUT2D eigenvalue weighted by Crippen LogP contribution is -2.47. The van der Waals surface area contributed by atoms with E-state index in [-0.39, 0.29) is 0 Å². The number of halogens is 1. The summed E-state index contributed by atoms with van der Waals surface area (Å²) in [6.45, 7) is 2.38. The van der Waals surface area contributed by atoms with Crippen LogP contribution in [-0.2, 0) is 0 Å². The van der Waals surface area contributed by atoms with Gasteiger partial charge in [-0.05, 0) is 55.6 Å². The molecule has 3 aliphatic carbocycles. The maximum Gasteiger partial charge on any atom is 0.181 e. The molecule has 3 aliphatic rings. The van der Waals surface area contributed by atoms with Crippen LogP contribution in [-0.4, -0.2) is 31.2 Å². The zero-order valence-electron chi connectivity index (χ0n) is 17.2. The summed E-state index contributed by atoms with van der Waals surface area (Å²) in [5, 5.41) is 12.5. The lowest BCUT2D eigenvalue weighted by atomic mass is 9.62. The van der Waals surface area contributed by atoms with Gasteiger partial charge in [0.2, 0.25) is 0 Å². The van der Waals surface area contributed by atoms with Gasteiger partial charge in [-0.15, -0.1) is 0 Å². The van der Waals surface area contributed by atoms with E-state index in [1.54, 1.807) is 18.7 Å². The highest BCUT2D eigenvalue weighted by Crippen LogP contribution is 2.46. The number of anilines is 1. The van der Waals surface area contributed by atoms with Crippen molar-refractivity contribution < 1.29 is 4.42 Å². The van der Waals surface area contributed by atoms with E-state index in [4.69, 9.17) is 26.0 Å². The molecule has 0 amide bonds. The fraction of sp³-hybridized carbons (Fsp3) is 0.391. The van der Waals surface area contributed by atoms with Crippen LogP contribution in [0.3, 0.4) is 0 Å². The minimum Gasteiger partial charge on any atom is -0.472 e. The molecule has 8 heteroatoms. The van der Waals surface area contributed by atoms with Crippen LogP contribution in [0.4, 0.5) is 5.82 Å². The van der Waals surface area contributed by atoms with Crippen LogP contribution in [0.25, 0.3) is 33.8 Å². The second kappa shape index (κ2) is 7.34. The van der Waals surface area contributed by atoms with Gasteiger partial charge in [-0.1, -0.05) is 18.5 Å². The maximum atomic E-state index is 6.19. The standard InChI is InChI=1S/C23H23ClN6O/c1-12-13-2-4-14(5-3-13)20(12)27-19-9-18(15-6-7-31-11-15)26-23(28-19)21-17-8-16(24)10-25-22(17)30-29-21/h6-14,20H,2-5H2,1H3,(H,25,29,30)(H,26,27,28). The molecule has 0 radical (unpaired) electrons. The first-order chi connectivity index (χ1) is 15.2. The first kappa shape index (κ1) is 18.8. The first-order valence-electron chi connectivity index (χ1n) is 10.8. The van der Waals surface area contributed by atoms with Gasteiger partial charge in [-0.3, -0.25) is 5.10 Å². The fourth-order valence-electron chi connectivity index (χ4n) is 5.41. The Morgan fingerprint density at radius 2 is 1.97 bits per heavy atom. The van der Waals surface area contributed by atoms with Crippen molar-refractivity contribution in [2.24, 2.45) is 17.8 Å². The number of aromatic amines is 1. The number of furan rings is 1. The van der Waals surface area contributed by atoms with E-state index in [9.17, 15) is 0 Å². The Morgan fingerprint density at radius 1 is 1.13 bits per heavy atom. The molecular formula is C23H23ClN6O. The lowest BCUT2D eigenvalue weighted by molar-refractivity contribution is 0.0928. The summed E-state index contributed by atoms with van der Waals surface area (Å²) in [6, 6.07) is 6.19. The van der Waals surface area contributed by atoms with E-state index in [1.807, 2.05) is 18.2 Å². The number of fused-ring (bicyclic) bond motifs is 4. The van der Waals surface area contributed by atoms with Crippen LogP contribution in [0.2, 0.25) is 5.02 Å². The molecule has 0 saturated heterocycles. The van der Waals surface area contributed by atoms with Gasteiger partial charge < -0.3 is 9.73 Å². The predicted octanol–water partition coefficient (Wildman–Crippen LogP) is 5.56. The summed E-state index contributed by atoms with van der Waals surface area (Å²) in [7, 11) is 0. The van der Waals surface area contributed by atoms with Crippen molar-refractivity contribution in [2.75, 3.05) is 5.32 Å². The van der Waals surface area contributed by atoms with Gasteiger partial charge in [0.25, 0.3) is 0 Å². The number of H-pyrrole nitrogens is 1. The summed E-state index contributed by atoms with van der Waals surface area (Å²) in [5.74, 6) is 3.53. The highest BCUT2D eigenvalue weighted by Gasteiger charge is 2.41. The molecule has 3 fully saturated rings. The largest absolute Gasteiger partial charge is 0.472 e. The Labute approximate surface area is 184 Å². The number of hydrogen-bond donors (Lipinski definition) is 2. The van der Waals surface area contributed by atoms with Gasteiger partial charge >= 0.3 is 0 Å². The van der Waals surface area contributed by atoms with E-state index in [1.165, 1.54) is 25.7 Å². The van der Waals surface area contributed by atoms with E-state index in [0.717, 1.165) is 28.4 Å². The predicted molar refractivity (Wildman–Crippen MR) is 120 cm³/mol. The number of pyridine rings is 1. The monoisotopic (exact) mass is 434 g/mol. The van der Waals surface area contributed by atoms with Gasteiger partial charge in [0, 0.05) is 23.9 Å². The van der Waals surface area contributed by atoms with Crippen LogP contribution >= 0.6 is 11.6 Å². The van der Waals surface area contributed by atoms with Crippen LogP contribution in [0.5, 0.6) is 0 Å². The Kier molecular flexibility index (Phi) is 4.45. The van der Waals surface area contributed by atoms with Crippen molar-refractivity contribution in [3.63, 3.8) is 0 Å². The third-order valence-corrected chi connectivity index (χ3v) is 7.30. The highest BCUT2D eigenvalue weighted by molar-refractivity contribution is 6.31. The number of nitrogens with one attached hydrogen (secondary N) is 2. The summed E-state index contributed by atoms with van der Waals surface area (Å²) in [6.07, 6.45) is 10.2. The summed E-state index contributed by atoms with van der Waals surface area (Å²) < 4.78 is 5.30. The van der Waals surface area contributed by atoms with Gasteiger partial charge in [-0.25, -0.2) is 15.0 Å². The van der Waals surface area contributed by atoms with E-state index < -0.39 is 0 Å². The number of nitrogens with zero attached hydrogens (tertiary/aromatic N) is 4. The molecule has 0 spiro atoms. The molecule has 2 bridgehead atoms. The molecule has 7 nitrogen and oxygen atoms in total. The highest BCUT2D eigenvalue weighted by atomic mass is 35.5. The quantitative estimate of drug-likeness (QED) is 0.436. The third-order valence-electron chi connectivity index (χ3n) is 7.09. The summed E-state index contributed by atoms with van der Waals surface area (Å²) in [4.78, 5) is 14.0. The lowest BCUT2D eigenvalue weighted by Gasteiger charge is -2.47. The Morgan fingerprint density at radius 3 is 2.74 bits per heavy atom. The number of aromatic nitrogens is 5. The average Bonchev–Trinajstić information content (AvgIpc) is 3.46. The first-order valence-corrected chi connectivity index (χ1v) is 11.2. The van der Waals surface area contributed by atoms with E-state index >= 15 is 0 Å². The van der Waals surface area contributed by atoms with E-state index in [2.05, 4.69) is 27.4 Å². The molecule has 2 atom stereocenters. The van der Waals surface area contributed by atoms with Crippen LogP contribution in [0.1, 0.15) is 32.6 Å². The number of hydrogen-bond acceptors (Lipinski definition) is 6. The van der Waals surface area contributed by atoms with Crippen LogP contribution in [0.15, 0.2) is 41.3 Å². The van der Waals surface area contributed by atoms with Crippen LogP contribution < -0.4 is 5.32 Å². The van der Waals surface area contributed by atoms with Gasteiger partial charge in [0.15, 0.2) is 11.5 Å². The molecule has 4 aromatic rings. The molecule has 2 unspecified atom stereocenters. The van der Waals surface area contributed by atoms with Crippen molar-refractivity contribution in [1.29, 1.82) is 0 Å². The topological polar surface area (TPSA) is 92.5 Å². The second-order valence-corrected chi connectivity index (χ2v) is 9.24. The van der Waals surface area contributed by atoms with Gasteiger partial charge in [0.1, 0.15) is 11.5 Å². The van der Waals surface area contributed by atoms with Crippen molar-refractivity contribution in [1.82, 2.24) is 25.1 Å². The maximum absolute atomic E-state index is 6.19. The Hall–Kier alpha value is -2.93. The SMILES string of the molecule is CC1C2CCC(CC2)C1Nc1cc(-c2ccoc2)nc(-c2[nH]nc3ncc(Cl)cc23)n1. The zero-order chi connectivity index (χ0) is 20.9. The summed E-state index contributed by atoms with van der Waals surface area (Å²) >= 11 is 6.19. The van der Waals surface area contributed by atoms with Gasteiger partial charge in [0.05, 0.1) is 28.6 Å². The normalized spacial score (nSPS) is 25.2. The molecule has 4 aromatic heterocycles. The van der Waals surface area contributed by atoms with Crippen molar-refractivity contribution >= 4 is 28.5 Å². The van der Waals surface area contributed by atoms with E-state index in [0.29, 0.717) is 40.1 Å². The third kappa shape index (κ3) is 3.28. The molecule has 31 heavy (non-hydrogen) atoms. The molecule has 3 saturated carbocycles. The van der Waals surface area contributed by atoms with Crippen molar-refractivity contribution in [2.45, 2.75) is 38.6 Å². The molecule has 158 valence electrons. The van der Waals surface area contributed by atoms with Crippen molar-refractivity contribution in [3.05, 3.63) is 41.9 Å². The molecule has 0 aromatic carbocycles. The fourth-order valence-corrected chi connectivity index (χ4v) is 5.57. The second-order valence-electron chi connectivity index (χ2n) is 8.80. The minimum atomic E-state index is 0.432. The summed E-state index contributed by atoms with van der Waals surface area (Å²) in [5.41, 5.74) is 3.00. The molecular weight excluding hydrogens is 412 g/mol. The average molecular weight is 435 g/mol. The Bertz CT molecular complexity index is 1230. The molecule has 2 N–H and O–H groups in total. The smallest absolute Gasteiger partial charge is 0.181 e. The van der Waals surface area contributed by atoms with Gasteiger partial charge in [-0.2, -0.15) is 5.10 Å². The Balaban J connectivity index is 1.44. The molecule has 4 heterocycles. The molecule has 0 aliphatic heterocycles. The minimum absolute atomic E-state index is 0.432. The van der Waals surface area contributed by atoms with Crippen molar-refractivity contribution in [3.8, 4) is 22.8 Å².